The fraction of sp³-hybridized carbons (Fsp3) is 0.700. The van der Waals surface area contributed by atoms with Crippen molar-refractivity contribution in [3.63, 3.8) is 0 Å². The highest BCUT2D eigenvalue weighted by atomic mass is 32.1. The Balaban J connectivity index is 2.14. The van der Waals surface area contributed by atoms with Crippen LogP contribution in [-0.2, 0) is 0 Å². The van der Waals surface area contributed by atoms with Gasteiger partial charge in [0.1, 0.15) is 0 Å². The van der Waals surface area contributed by atoms with Crippen LogP contribution in [0.5, 0.6) is 5.75 Å². The van der Waals surface area contributed by atoms with Gasteiger partial charge in [0.2, 0.25) is 0 Å². The molecule has 5 nitrogen and oxygen atoms in total. The predicted octanol–water partition coefficient (Wildman–Crippen LogP) is 0.874. The minimum atomic E-state index is 0.496. The minimum Gasteiger partial charge on any atom is -0.490 e. The SMILES string of the molecule is COc1c(N)nsc1N1CCC(N(C)C)C1. The highest BCUT2D eigenvalue weighted by Crippen LogP contribution is 2.39. The quantitative estimate of drug-likeness (QED) is 0.852. The van der Waals surface area contributed by atoms with Crippen molar-refractivity contribution in [2.75, 3.05) is 44.9 Å². The van der Waals surface area contributed by atoms with Gasteiger partial charge in [-0.05, 0) is 32.0 Å². The van der Waals surface area contributed by atoms with E-state index in [9.17, 15) is 0 Å². The lowest BCUT2D eigenvalue weighted by atomic mass is 10.2. The van der Waals surface area contributed by atoms with E-state index in [0.717, 1.165) is 23.8 Å². The first-order valence-electron chi connectivity index (χ1n) is 5.34. The molecular weight excluding hydrogens is 224 g/mol. The van der Waals surface area contributed by atoms with Crippen molar-refractivity contribution in [2.24, 2.45) is 0 Å². The number of ether oxygens (including phenoxy) is 1. The normalized spacial score (nSPS) is 20.8. The number of hydrogen-bond donors (Lipinski definition) is 1. The molecular formula is C10H18N4OS. The van der Waals surface area contributed by atoms with Crippen LogP contribution < -0.4 is 15.4 Å². The predicted molar refractivity (Wildman–Crippen MR) is 67.4 cm³/mol. The summed E-state index contributed by atoms with van der Waals surface area (Å²) in [6.07, 6.45) is 1.17. The van der Waals surface area contributed by atoms with E-state index in [4.69, 9.17) is 10.5 Å². The molecule has 6 heteroatoms. The molecule has 1 aliphatic rings. The number of nitrogens with two attached hydrogens (primary N) is 1. The maximum atomic E-state index is 5.75. The zero-order valence-corrected chi connectivity index (χ0v) is 10.8. The van der Waals surface area contributed by atoms with E-state index in [0.29, 0.717) is 11.9 Å². The van der Waals surface area contributed by atoms with E-state index in [1.165, 1.54) is 18.0 Å². The second kappa shape index (κ2) is 4.47. The third-order valence-corrected chi connectivity index (χ3v) is 3.95. The smallest absolute Gasteiger partial charge is 0.197 e. The number of anilines is 2. The Labute approximate surface area is 100.0 Å². The average molecular weight is 242 g/mol. The van der Waals surface area contributed by atoms with Crippen LogP contribution in [0.25, 0.3) is 0 Å². The summed E-state index contributed by atoms with van der Waals surface area (Å²) in [5.74, 6) is 1.22. The topological polar surface area (TPSA) is 54.6 Å². The molecule has 0 amide bonds. The van der Waals surface area contributed by atoms with Crippen molar-refractivity contribution in [3.8, 4) is 5.75 Å². The second-order valence-corrected chi connectivity index (χ2v) is 5.01. The van der Waals surface area contributed by atoms with Crippen molar-refractivity contribution in [2.45, 2.75) is 12.5 Å². The molecule has 0 spiro atoms. The molecule has 0 saturated carbocycles. The summed E-state index contributed by atoms with van der Waals surface area (Å²) in [6.45, 7) is 2.06. The first-order chi connectivity index (χ1) is 7.63. The van der Waals surface area contributed by atoms with E-state index in [2.05, 4.69) is 28.3 Å². The Morgan fingerprint density at radius 1 is 1.56 bits per heavy atom. The first-order valence-corrected chi connectivity index (χ1v) is 6.11. The van der Waals surface area contributed by atoms with E-state index in [-0.39, 0.29) is 0 Å². The third kappa shape index (κ3) is 1.94. The summed E-state index contributed by atoms with van der Waals surface area (Å²) in [4.78, 5) is 4.56. The highest BCUT2D eigenvalue weighted by Gasteiger charge is 2.28. The van der Waals surface area contributed by atoms with Gasteiger partial charge in [0.15, 0.2) is 16.6 Å². The van der Waals surface area contributed by atoms with Crippen molar-refractivity contribution >= 4 is 22.4 Å². The molecule has 1 fully saturated rings. The number of rotatable bonds is 3. The average Bonchev–Trinajstić information content (AvgIpc) is 2.83. The van der Waals surface area contributed by atoms with Crippen LogP contribution in [0.3, 0.4) is 0 Å². The van der Waals surface area contributed by atoms with Crippen molar-refractivity contribution in [1.29, 1.82) is 0 Å². The largest absolute Gasteiger partial charge is 0.490 e. The van der Waals surface area contributed by atoms with Crippen molar-refractivity contribution in [1.82, 2.24) is 9.27 Å². The second-order valence-electron chi connectivity index (χ2n) is 4.26. The lowest BCUT2D eigenvalue weighted by Gasteiger charge is -2.20. The van der Waals surface area contributed by atoms with Crippen LogP contribution >= 0.6 is 11.5 Å². The Hall–Kier alpha value is -1.01. The Kier molecular flexibility index (Phi) is 3.20. The Morgan fingerprint density at radius 2 is 2.31 bits per heavy atom. The van der Waals surface area contributed by atoms with Crippen LogP contribution in [-0.4, -0.2) is 49.6 Å². The van der Waals surface area contributed by atoms with Crippen LogP contribution in [0, 0.1) is 0 Å². The summed E-state index contributed by atoms with van der Waals surface area (Å²) in [6, 6.07) is 0.605. The number of nitrogens with zero attached hydrogens (tertiary/aromatic N) is 3. The van der Waals surface area contributed by atoms with Crippen LogP contribution in [0.15, 0.2) is 0 Å². The maximum Gasteiger partial charge on any atom is 0.197 e. The number of methoxy groups -OCH3 is 1. The maximum absolute atomic E-state index is 5.75. The van der Waals surface area contributed by atoms with Crippen LogP contribution in [0.2, 0.25) is 0 Å². The molecule has 1 atom stereocenters. The minimum absolute atomic E-state index is 0.496. The zero-order chi connectivity index (χ0) is 11.7. The number of nitrogen functional groups attached to an aromatic ring is 1. The lowest BCUT2D eigenvalue weighted by Crippen LogP contribution is -2.31. The van der Waals surface area contributed by atoms with E-state index < -0.39 is 0 Å². The Morgan fingerprint density at radius 3 is 2.88 bits per heavy atom. The van der Waals surface area contributed by atoms with Gasteiger partial charge in [-0.3, -0.25) is 0 Å². The first kappa shape index (κ1) is 11.5. The van der Waals surface area contributed by atoms with E-state index in [1.54, 1.807) is 7.11 Å². The zero-order valence-electron chi connectivity index (χ0n) is 9.93. The molecule has 1 aromatic rings. The summed E-state index contributed by atoms with van der Waals surface area (Å²) < 4.78 is 9.43. The van der Waals surface area contributed by atoms with Gasteiger partial charge in [0.25, 0.3) is 0 Å². The number of aromatic nitrogens is 1. The monoisotopic (exact) mass is 242 g/mol. The van der Waals surface area contributed by atoms with Crippen molar-refractivity contribution < 1.29 is 4.74 Å². The van der Waals surface area contributed by atoms with Gasteiger partial charge in [-0.2, -0.15) is 4.37 Å². The summed E-state index contributed by atoms with van der Waals surface area (Å²) in [7, 11) is 5.88. The molecule has 0 aliphatic carbocycles. The van der Waals surface area contributed by atoms with Gasteiger partial charge in [-0.25, -0.2) is 0 Å². The van der Waals surface area contributed by atoms with Gasteiger partial charge in [0, 0.05) is 19.1 Å². The molecule has 1 aliphatic heterocycles. The molecule has 1 saturated heterocycles. The summed E-state index contributed by atoms with van der Waals surface area (Å²) >= 11 is 1.42. The molecule has 90 valence electrons. The molecule has 1 aromatic heterocycles. The highest BCUT2D eigenvalue weighted by molar-refractivity contribution is 7.11. The number of likely N-dealkylation sites (N-methyl/N-ethyl adjacent to an activating group) is 1. The molecule has 1 unspecified atom stereocenters. The molecule has 16 heavy (non-hydrogen) atoms. The molecule has 0 radical (unpaired) electrons. The lowest BCUT2D eigenvalue weighted by molar-refractivity contribution is 0.315. The Bertz CT molecular complexity index is 366. The molecule has 2 rings (SSSR count). The van der Waals surface area contributed by atoms with Gasteiger partial charge in [-0.15, -0.1) is 0 Å². The molecule has 2 heterocycles. The van der Waals surface area contributed by atoms with Crippen molar-refractivity contribution in [3.05, 3.63) is 0 Å². The van der Waals surface area contributed by atoms with Gasteiger partial charge >= 0.3 is 0 Å². The van der Waals surface area contributed by atoms with Gasteiger partial charge < -0.3 is 20.3 Å². The van der Waals surface area contributed by atoms with Crippen LogP contribution in [0.1, 0.15) is 6.42 Å². The third-order valence-electron chi connectivity index (χ3n) is 3.04. The summed E-state index contributed by atoms with van der Waals surface area (Å²) in [5, 5.41) is 1.06. The summed E-state index contributed by atoms with van der Waals surface area (Å²) in [5.41, 5.74) is 5.75. The number of hydrogen-bond acceptors (Lipinski definition) is 6. The molecule has 0 bridgehead atoms. The van der Waals surface area contributed by atoms with Gasteiger partial charge in [0.05, 0.1) is 7.11 Å². The fourth-order valence-electron chi connectivity index (χ4n) is 2.03. The van der Waals surface area contributed by atoms with E-state index >= 15 is 0 Å². The fourth-order valence-corrected chi connectivity index (χ4v) is 2.85. The van der Waals surface area contributed by atoms with Gasteiger partial charge in [-0.1, -0.05) is 0 Å². The standard InChI is InChI=1S/C10H18N4OS/c1-13(2)7-4-5-14(6-7)10-8(15-3)9(11)12-16-10/h7H,4-6H2,1-3H3,(H2,11,12). The molecule has 0 aromatic carbocycles. The van der Waals surface area contributed by atoms with E-state index in [1.807, 2.05) is 0 Å². The molecule has 2 N–H and O–H groups in total. The van der Waals surface area contributed by atoms with Crippen LogP contribution in [0.4, 0.5) is 10.8 Å².